The first-order chi connectivity index (χ1) is 11.8. The van der Waals surface area contributed by atoms with Crippen LogP contribution in [-0.4, -0.2) is 39.4 Å². The van der Waals surface area contributed by atoms with Gasteiger partial charge in [-0.2, -0.15) is 0 Å². The van der Waals surface area contributed by atoms with Crippen molar-refractivity contribution in [2.24, 2.45) is 0 Å². The number of halogens is 1. The summed E-state index contributed by atoms with van der Waals surface area (Å²) in [6.45, 7) is 0.0503. The van der Waals surface area contributed by atoms with Crippen molar-refractivity contribution in [3.05, 3.63) is 70.8 Å². The summed E-state index contributed by atoms with van der Waals surface area (Å²) in [6.07, 6.45) is 3.52. The van der Waals surface area contributed by atoms with Gasteiger partial charge in [0.1, 0.15) is 6.61 Å². The van der Waals surface area contributed by atoms with Crippen molar-refractivity contribution in [3.8, 4) is 0 Å². The molecule has 0 atom stereocenters. The van der Waals surface area contributed by atoms with Crippen LogP contribution in [0, 0.1) is 0 Å². The highest BCUT2D eigenvalue weighted by molar-refractivity contribution is 7.89. The maximum absolute atomic E-state index is 12.2. The Morgan fingerprint density at radius 2 is 1.84 bits per heavy atom. The number of esters is 1. The lowest BCUT2D eigenvalue weighted by Gasteiger charge is -2.12. The highest BCUT2D eigenvalue weighted by Gasteiger charge is 2.21. The summed E-state index contributed by atoms with van der Waals surface area (Å²) in [6, 6.07) is 13.5. The second-order valence-electron chi connectivity index (χ2n) is 5.34. The van der Waals surface area contributed by atoms with Crippen LogP contribution in [0.15, 0.2) is 59.5 Å². The Balaban J connectivity index is 2.10. The number of hydrogen-bond donors (Lipinski definition) is 0. The average Bonchev–Trinajstić information content (AvgIpc) is 2.59. The van der Waals surface area contributed by atoms with Crippen LogP contribution >= 0.6 is 11.6 Å². The van der Waals surface area contributed by atoms with Crippen molar-refractivity contribution in [2.75, 3.05) is 20.7 Å². The van der Waals surface area contributed by atoms with Gasteiger partial charge in [-0.3, -0.25) is 0 Å². The summed E-state index contributed by atoms with van der Waals surface area (Å²) < 4.78 is 30.5. The van der Waals surface area contributed by atoms with Gasteiger partial charge in [0.05, 0.1) is 15.5 Å². The molecule has 0 aromatic heterocycles. The third-order valence-electron chi connectivity index (χ3n) is 3.36. The van der Waals surface area contributed by atoms with Gasteiger partial charge in [0.25, 0.3) is 0 Å². The molecule has 132 valence electrons. The zero-order chi connectivity index (χ0) is 18.4. The molecule has 0 aliphatic carbocycles. The number of carbonyl (C=O) groups excluding carboxylic acids is 1. The first-order valence-electron chi connectivity index (χ1n) is 7.43. The Kier molecular flexibility index (Phi) is 6.36. The molecule has 5 nitrogen and oxygen atoms in total. The topological polar surface area (TPSA) is 63.7 Å². The van der Waals surface area contributed by atoms with E-state index in [-0.39, 0.29) is 22.1 Å². The Morgan fingerprint density at radius 1 is 1.16 bits per heavy atom. The number of nitrogens with zero attached hydrogens (tertiary/aromatic N) is 1. The minimum Gasteiger partial charge on any atom is -0.458 e. The van der Waals surface area contributed by atoms with E-state index in [0.717, 1.165) is 9.87 Å². The van der Waals surface area contributed by atoms with Crippen molar-refractivity contribution in [1.82, 2.24) is 4.31 Å². The number of benzene rings is 2. The van der Waals surface area contributed by atoms with Gasteiger partial charge in [0, 0.05) is 14.1 Å². The van der Waals surface area contributed by atoms with Crippen LogP contribution in [0.2, 0.25) is 5.02 Å². The summed E-state index contributed by atoms with van der Waals surface area (Å²) in [7, 11) is -0.832. The molecule has 0 radical (unpaired) electrons. The van der Waals surface area contributed by atoms with Crippen LogP contribution in [0.3, 0.4) is 0 Å². The normalized spacial score (nSPS) is 11.8. The van der Waals surface area contributed by atoms with E-state index in [4.69, 9.17) is 16.3 Å². The lowest BCUT2D eigenvalue weighted by Crippen LogP contribution is -2.22. The fraction of sp³-hybridized carbons (Fsp3) is 0.167. The number of sulfonamides is 1. The van der Waals surface area contributed by atoms with E-state index in [1.54, 1.807) is 6.08 Å². The van der Waals surface area contributed by atoms with E-state index in [2.05, 4.69) is 0 Å². The molecule has 0 saturated carbocycles. The summed E-state index contributed by atoms with van der Waals surface area (Å²) in [5.41, 5.74) is 0.994. The molecule has 0 amide bonds. The largest absolute Gasteiger partial charge is 0.458 e. The molecule has 2 aromatic carbocycles. The molecular formula is C18H18ClNO4S. The molecule has 0 fully saturated rings. The van der Waals surface area contributed by atoms with Gasteiger partial charge in [-0.1, -0.05) is 48.0 Å². The van der Waals surface area contributed by atoms with E-state index < -0.39 is 16.0 Å². The first kappa shape index (κ1) is 19.2. The molecule has 25 heavy (non-hydrogen) atoms. The number of carbonyl (C=O) groups is 1. The van der Waals surface area contributed by atoms with Crippen LogP contribution < -0.4 is 0 Å². The molecule has 0 unspecified atom stereocenters. The van der Waals surface area contributed by atoms with Gasteiger partial charge in [-0.25, -0.2) is 17.5 Å². The Bertz CT molecular complexity index is 877. The molecule has 0 aliphatic heterocycles. The molecule has 7 heteroatoms. The van der Waals surface area contributed by atoms with E-state index >= 15 is 0 Å². The van der Waals surface area contributed by atoms with Crippen molar-refractivity contribution in [3.63, 3.8) is 0 Å². The maximum Gasteiger partial charge on any atom is 0.340 e. The van der Waals surface area contributed by atoms with Gasteiger partial charge < -0.3 is 4.74 Å². The quantitative estimate of drug-likeness (QED) is 0.721. The molecule has 0 N–H and O–H groups in total. The lowest BCUT2D eigenvalue weighted by molar-refractivity contribution is 0.0550. The van der Waals surface area contributed by atoms with E-state index in [0.29, 0.717) is 0 Å². The number of ether oxygens (including phenoxy) is 1. The lowest BCUT2D eigenvalue weighted by atomic mass is 10.2. The van der Waals surface area contributed by atoms with Crippen molar-refractivity contribution in [2.45, 2.75) is 4.90 Å². The SMILES string of the molecule is CN(C)S(=O)(=O)c1ccc(Cl)c(C(=O)OC/C=C/c2ccccc2)c1. The van der Waals surface area contributed by atoms with Gasteiger partial charge >= 0.3 is 5.97 Å². The summed E-state index contributed by atoms with van der Waals surface area (Å²) in [4.78, 5) is 12.2. The first-order valence-corrected chi connectivity index (χ1v) is 9.25. The maximum atomic E-state index is 12.2. The van der Waals surface area contributed by atoms with Crippen LogP contribution in [0.5, 0.6) is 0 Å². The monoisotopic (exact) mass is 379 g/mol. The summed E-state index contributed by atoms with van der Waals surface area (Å²) in [5.74, 6) is -0.682. The van der Waals surface area contributed by atoms with Gasteiger partial charge in [0.15, 0.2) is 0 Å². The predicted molar refractivity (Wildman–Crippen MR) is 98.1 cm³/mol. The van der Waals surface area contributed by atoms with E-state index in [1.807, 2.05) is 36.4 Å². The highest BCUT2D eigenvalue weighted by Crippen LogP contribution is 2.22. The molecular weight excluding hydrogens is 362 g/mol. The molecule has 0 heterocycles. The second-order valence-corrected chi connectivity index (χ2v) is 7.90. The smallest absolute Gasteiger partial charge is 0.340 e. The average molecular weight is 380 g/mol. The Labute approximate surface area is 152 Å². The fourth-order valence-electron chi connectivity index (χ4n) is 1.98. The molecule has 0 aliphatic rings. The molecule has 2 rings (SSSR count). The number of hydrogen-bond acceptors (Lipinski definition) is 4. The summed E-state index contributed by atoms with van der Waals surface area (Å²) >= 11 is 6.00. The van der Waals surface area contributed by atoms with Crippen LogP contribution in [0.4, 0.5) is 0 Å². The molecule has 2 aromatic rings. The van der Waals surface area contributed by atoms with Crippen LogP contribution in [-0.2, 0) is 14.8 Å². The zero-order valence-corrected chi connectivity index (χ0v) is 15.4. The van der Waals surface area contributed by atoms with Crippen molar-refractivity contribution >= 4 is 33.7 Å². The molecule has 0 saturated heterocycles. The highest BCUT2D eigenvalue weighted by atomic mass is 35.5. The third kappa shape index (κ3) is 4.92. The van der Waals surface area contributed by atoms with Crippen molar-refractivity contribution in [1.29, 1.82) is 0 Å². The van der Waals surface area contributed by atoms with Gasteiger partial charge in [-0.15, -0.1) is 0 Å². The molecule has 0 bridgehead atoms. The van der Waals surface area contributed by atoms with E-state index in [1.165, 1.54) is 32.3 Å². The van der Waals surface area contributed by atoms with E-state index in [9.17, 15) is 13.2 Å². The van der Waals surface area contributed by atoms with Gasteiger partial charge in [0.2, 0.25) is 10.0 Å². The number of rotatable bonds is 6. The van der Waals surface area contributed by atoms with Gasteiger partial charge in [-0.05, 0) is 29.8 Å². The third-order valence-corrected chi connectivity index (χ3v) is 5.50. The molecule has 0 spiro atoms. The Morgan fingerprint density at radius 3 is 2.48 bits per heavy atom. The van der Waals surface area contributed by atoms with Crippen LogP contribution in [0.25, 0.3) is 6.08 Å². The van der Waals surface area contributed by atoms with Crippen LogP contribution in [0.1, 0.15) is 15.9 Å². The summed E-state index contributed by atoms with van der Waals surface area (Å²) in [5, 5.41) is 0.134. The Hall–Kier alpha value is -2.15. The van der Waals surface area contributed by atoms with Crippen molar-refractivity contribution < 1.29 is 17.9 Å². The second kappa shape index (κ2) is 8.29. The standard InChI is InChI=1S/C18H18ClNO4S/c1-20(2)25(22,23)15-10-11-17(19)16(13-15)18(21)24-12-6-9-14-7-4-3-5-8-14/h3-11,13H,12H2,1-2H3/b9-6+. The predicted octanol–water partition coefficient (Wildman–Crippen LogP) is 3.46. The minimum atomic E-state index is -3.66. The minimum absolute atomic E-state index is 0.0118. The zero-order valence-electron chi connectivity index (χ0n) is 13.8. The fourth-order valence-corrected chi connectivity index (χ4v) is 3.11.